The number of thiazole rings is 1. The van der Waals surface area contributed by atoms with E-state index in [2.05, 4.69) is 25.2 Å². The lowest BCUT2D eigenvalue weighted by Crippen LogP contribution is -2.52. The van der Waals surface area contributed by atoms with Crippen LogP contribution in [-0.4, -0.2) is 52.3 Å². The molecular weight excluding hydrogens is 252 g/mol. The highest BCUT2D eigenvalue weighted by molar-refractivity contribution is 7.16. The van der Waals surface area contributed by atoms with E-state index in [-0.39, 0.29) is 18.6 Å². The van der Waals surface area contributed by atoms with E-state index in [1.165, 1.54) is 11.3 Å². The summed E-state index contributed by atoms with van der Waals surface area (Å²) in [6, 6.07) is 0.0589. The molecule has 1 aliphatic heterocycles. The molecule has 0 spiro atoms. The smallest absolute Gasteiger partial charge is 0.223 e. The Morgan fingerprint density at radius 1 is 1.56 bits per heavy atom. The molecule has 8 heteroatoms. The molecule has 18 heavy (non-hydrogen) atoms. The molecule has 2 aromatic rings. The van der Waals surface area contributed by atoms with Crippen molar-refractivity contribution in [2.24, 2.45) is 0 Å². The molecule has 96 valence electrons. The summed E-state index contributed by atoms with van der Waals surface area (Å²) in [7, 11) is 0. The summed E-state index contributed by atoms with van der Waals surface area (Å²) in [5.74, 6) is 1.03. The highest BCUT2D eigenvalue weighted by Crippen LogP contribution is 2.26. The third-order valence-electron chi connectivity index (χ3n) is 2.97. The lowest BCUT2D eigenvalue weighted by molar-refractivity contribution is 0.235. The summed E-state index contributed by atoms with van der Waals surface area (Å²) in [5.41, 5.74) is 8.25. The first-order chi connectivity index (χ1) is 8.78. The summed E-state index contributed by atoms with van der Waals surface area (Å²) in [4.78, 5) is 15.7. The van der Waals surface area contributed by atoms with Crippen LogP contribution in [0.3, 0.4) is 0 Å². The zero-order valence-corrected chi connectivity index (χ0v) is 10.5. The van der Waals surface area contributed by atoms with Crippen LogP contribution in [0.2, 0.25) is 0 Å². The molecule has 0 amide bonds. The van der Waals surface area contributed by atoms with Gasteiger partial charge in [0, 0.05) is 25.7 Å². The maximum absolute atomic E-state index is 9.22. The normalized spacial score (nSPS) is 20.5. The van der Waals surface area contributed by atoms with Gasteiger partial charge in [0.25, 0.3) is 0 Å². The third-order valence-corrected chi connectivity index (χ3v) is 3.69. The van der Waals surface area contributed by atoms with Crippen LogP contribution in [-0.2, 0) is 0 Å². The van der Waals surface area contributed by atoms with Crippen LogP contribution in [0.4, 0.5) is 11.8 Å². The van der Waals surface area contributed by atoms with Gasteiger partial charge in [0.2, 0.25) is 5.95 Å². The van der Waals surface area contributed by atoms with E-state index in [1.807, 2.05) is 0 Å². The second-order valence-electron chi connectivity index (χ2n) is 4.19. The Morgan fingerprint density at radius 3 is 3.28 bits per heavy atom. The van der Waals surface area contributed by atoms with Crippen LogP contribution in [0, 0.1) is 0 Å². The molecule has 1 aliphatic rings. The van der Waals surface area contributed by atoms with Gasteiger partial charge in [0.15, 0.2) is 10.6 Å². The zero-order chi connectivity index (χ0) is 12.5. The molecular formula is C10H14N6OS. The van der Waals surface area contributed by atoms with Gasteiger partial charge in [-0.15, -0.1) is 11.3 Å². The number of nitrogens with one attached hydrogen (secondary N) is 1. The van der Waals surface area contributed by atoms with Crippen molar-refractivity contribution in [2.45, 2.75) is 6.04 Å². The highest BCUT2D eigenvalue weighted by atomic mass is 32.1. The number of fused-ring (bicyclic) bond motifs is 1. The number of aliphatic hydroxyl groups excluding tert-OH is 1. The van der Waals surface area contributed by atoms with Crippen LogP contribution < -0.4 is 16.0 Å². The Hall–Kier alpha value is -1.51. The minimum Gasteiger partial charge on any atom is -0.395 e. The van der Waals surface area contributed by atoms with Crippen molar-refractivity contribution in [2.75, 3.05) is 36.9 Å². The van der Waals surface area contributed by atoms with Crippen molar-refractivity contribution in [3.8, 4) is 0 Å². The van der Waals surface area contributed by atoms with Gasteiger partial charge < -0.3 is 21.1 Å². The van der Waals surface area contributed by atoms with Crippen molar-refractivity contribution in [1.82, 2.24) is 20.3 Å². The molecule has 1 atom stereocenters. The van der Waals surface area contributed by atoms with Crippen molar-refractivity contribution in [1.29, 1.82) is 0 Å². The van der Waals surface area contributed by atoms with E-state index in [0.717, 1.165) is 29.3 Å². The van der Waals surface area contributed by atoms with Gasteiger partial charge in [0.05, 0.1) is 12.1 Å². The van der Waals surface area contributed by atoms with E-state index in [4.69, 9.17) is 5.73 Å². The topological polar surface area (TPSA) is 100 Å². The van der Waals surface area contributed by atoms with Crippen LogP contribution >= 0.6 is 11.3 Å². The summed E-state index contributed by atoms with van der Waals surface area (Å²) in [6.07, 6.45) is 0. The zero-order valence-electron chi connectivity index (χ0n) is 9.70. The van der Waals surface area contributed by atoms with Gasteiger partial charge >= 0.3 is 0 Å². The Balaban J connectivity index is 2.00. The van der Waals surface area contributed by atoms with Crippen LogP contribution in [0.5, 0.6) is 0 Å². The lowest BCUT2D eigenvalue weighted by atomic mass is 10.2. The summed E-state index contributed by atoms with van der Waals surface area (Å²) >= 11 is 1.45. The molecule has 3 rings (SSSR count). The monoisotopic (exact) mass is 266 g/mol. The number of anilines is 2. The SMILES string of the molecule is Nc1nc(N2CCN[C@H](CO)C2)c2ncsc2n1. The summed E-state index contributed by atoms with van der Waals surface area (Å²) in [6.45, 7) is 2.43. The van der Waals surface area contributed by atoms with E-state index in [1.54, 1.807) is 5.51 Å². The average Bonchev–Trinajstić information content (AvgIpc) is 2.85. The second kappa shape index (κ2) is 4.63. The number of piperazine rings is 1. The molecule has 0 radical (unpaired) electrons. The molecule has 0 unspecified atom stereocenters. The lowest BCUT2D eigenvalue weighted by Gasteiger charge is -2.33. The van der Waals surface area contributed by atoms with Gasteiger partial charge in [0.1, 0.15) is 5.52 Å². The molecule has 4 N–H and O–H groups in total. The van der Waals surface area contributed by atoms with Gasteiger partial charge in [-0.25, -0.2) is 9.97 Å². The largest absolute Gasteiger partial charge is 0.395 e. The van der Waals surface area contributed by atoms with Crippen molar-refractivity contribution < 1.29 is 5.11 Å². The number of rotatable bonds is 2. The third kappa shape index (κ3) is 1.98. The first-order valence-corrected chi connectivity index (χ1v) is 6.62. The molecule has 1 saturated heterocycles. The summed E-state index contributed by atoms with van der Waals surface area (Å²) < 4.78 is 0. The number of hydrogen-bond donors (Lipinski definition) is 3. The fourth-order valence-electron chi connectivity index (χ4n) is 2.12. The molecule has 0 aromatic carbocycles. The standard InChI is InChI=1S/C10H14N6OS/c11-10-14-8(7-9(15-10)18-5-13-7)16-2-1-12-6(3-16)4-17/h5-6,12,17H,1-4H2,(H2,11,14,15)/t6-/m0/s1. The molecule has 1 fully saturated rings. The van der Waals surface area contributed by atoms with E-state index < -0.39 is 0 Å². The Kier molecular flexibility index (Phi) is 2.98. The van der Waals surface area contributed by atoms with Gasteiger partial charge in [-0.2, -0.15) is 4.98 Å². The number of aliphatic hydroxyl groups is 1. The molecule has 0 bridgehead atoms. The predicted molar refractivity (Wildman–Crippen MR) is 70.7 cm³/mol. The number of aromatic nitrogens is 3. The number of nitrogens with two attached hydrogens (primary N) is 1. The van der Waals surface area contributed by atoms with Crippen molar-refractivity contribution >= 4 is 33.5 Å². The van der Waals surface area contributed by atoms with E-state index >= 15 is 0 Å². The quantitative estimate of drug-likeness (QED) is 0.670. The first-order valence-electron chi connectivity index (χ1n) is 5.74. The Morgan fingerprint density at radius 2 is 2.44 bits per heavy atom. The molecule has 2 aromatic heterocycles. The van der Waals surface area contributed by atoms with Gasteiger partial charge in [-0.1, -0.05) is 0 Å². The second-order valence-corrected chi connectivity index (χ2v) is 5.02. The van der Waals surface area contributed by atoms with Crippen molar-refractivity contribution in [3.63, 3.8) is 0 Å². The highest BCUT2D eigenvalue weighted by Gasteiger charge is 2.22. The average molecular weight is 266 g/mol. The van der Waals surface area contributed by atoms with Gasteiger partial charge in [-0.3, -0.25) is 0 Å². The summed E-state index contributed by atoms with van der Waals surface area (Å²) in [5, 5.41) is 12.5. The molecule has 0 saturated carbocycles. The van der Waals surface area contributed by atoms with Crippen LogP contribution in [0.1, 0.15) is 0 Å². The number of hydrogen-bond acceptors (Lipinski definition) is 8. The maximum Gasteiger partial charge on any atom is 0.223 e. The fraction of sp³-hybridized carbons (Fsp3) is 0.500. The van der Waals surface area contributed by atoms with Crippen molar-refractivity contribution in [3.05, 3.63) is 5.51 Å². The Bertz CT molecular complexity index is 558. The Labute approximate surface area is 108 Å². The molecule has 7 nitrogen and oxygen atoms in total. The molecule has 0 aliphatic carbocycles. The predicted octanol–water partition coefficient (Wildman–Crippen LogP) is -0.561. The maximum atomic E-state index is 9.22. The number of nitrogens with zero attached hydrogens (tertiary/aromatic N) is 4. The first kappa shape index (κ1) is 11.6. The van der Waals surface area contributed by atoms with Gasteiger partial charge in [-0.05, 0) is 0 Å². The molecule has 3 heterocycles. The van der Waals surface area contributed by atoms with E-state index in [0.29, 0.717) is 6.54 Å². The van der Waals surface area contributed by atoms with Crippen LogP contribution in [0.15, 0.2) is 5.51 Å². The number of nitrogen functional groups attached to an aromatic ring is 1. The van der Waals surface area contributed by atoms with Crippen LogP contribution in [0.25, 0.3) is 10.3 Å². The minimum atomic E-state index is 0.0589. The van der Waals surface area contributed by atoms with E-state index in [9.17, 15) is 5.11 Å². The fourth-order valence-corrected chi connectivity index (χ4v) is 2.78. The minimum absolute atomic E-state index is 0.0589.